The van der Waals surface area contributed by atoms with Gasteiger partial charge >= 0.3 is 0 Å². The molecule has 0 aromatic heterocycles. The minimum Gasteiger partial charge on any atom is -0.0654 e. The van der Waals surface area contributed by atoms with Crippen LogP contribution >= 0.6 is 0 Å². The van der Waals surface area contributed by atoms with Gasteiger partial charge in [0, 0.05) is 0 Å². The summed E-state index contributed by atoms with van der Waals surface area (Å²) in [4.78, 5) is 0. The van der Waals surface area contributed by atoms with E-state index in [-0.39, 0.29) is 0 Å². The van der Waals surface area contributed by atoms with E-state index in [4.69, 9.17) is 0 Å². The molecule has 0 aromatic rings. The second-order valence-corrected chi connectivity index (χ2v) is 4.35. The van der Waals surface area contributed by atoms with Crippen molar-refractivity contribution in [3.63, 3.8) is 0 Å². The average molecular weight is 168 g/mol. The van der Waals surface area contributed by atoms with E-state index in [1.807, 2.05) is 0 Å². The predicted octanol–water partition coefficient (Wildman–Crippen LogP) is 4.54. The fourth-order valence-corrected chi connectivity index (χ4v) is 2.41. The SMILES string of the molecule is CCCC1CCCCCCCC1. The molecular weight excluding hydrogens is 144 g/mol. The monoisotopic (exact) mass is 168 g/mol. The molecule has 0 heteroatoms. The van der Waals surface area contributed by atoms with Crippen molar-refractivity contribution in [1.82, 2.24) is 0 Å². The maximum atomic E-state index is 2.33. The van der Waals surface area contributed by atoms with E-state index in [1.54, 1.807) is 0 Å². The van der Waals surface area contributed by atoms with Crippen LogP contribution in [0.5, 0.6) is 0 Å². The van der Waals surface area contributed by atoms with E-state index in [0.29, 0.717) is 0 Å². The van der Waals surface area contributed by atoms with E-state index in [2.05, 4.69) is 6.92 Å². The molecule has 1 rings (SSSR count). The fourth-order valence-electron chi connectivity index (χ4n) is 2.41. The van der Waals surface area contributed by atoms with Crippen molar-refractivity contribution >= 4 is 0 Å². The van der Waals surface area contributed by atoms with Gasteiger partial charge < -0.3 is 0 Å². The van der Waals surface area contributed by atoms with E-state index in [1.165, 1.54) is 64.2 Å². The molecule has 1 aliphatic carbocycles. The molecule has 0 atom stereocenters. The zero-order chi connectivity index (χ0) is 8.65. The predicted molar refractivity (Wildman–Crippen MR) is 55.3 cm³/mol. The van der Waals surface area contributed by atoms with Crippen LogP contribution in [-0.2, 0) is 0 Å². The maximum Gasteiger partial charge on any atom is -0.0414 e. The lowest BCUT2D eigenvalue weighted by Gasteiger charge is -2.13. The van der Waals surface area contributed by atoms with Crippen molar-refractivity contribution < 1.29 is 0 Å². The summed E-state index contributed by atoms with van der Waals surface area (Å²) in [6, 6.07) is 0. The topological polar surface area (TPSA) is 0 Å². The molecule has 0 aliphatic heterocycles. The maximum absolute atomic E-state index is 2.33. The third-order valence-electron chi connectivity index (χ3n) is 3.17. The molecule has 0 bridgehead atoms. The molecule has 0 spiro atoms. The first-order valence-electron chi connectivity index (χ1n) is 5.93. The minimum absolute atomic E-state index is 1.08. The van der Waals surface area contributed by atoms with Gasteiger partial charge in [0.2, 0.25) is 0 Å². The van der Waals surface area contributed by atoms with Crippen LogP contribution in [0.4, 0.5) is 0 Å². The summed E-state index contributed by atoms with van der Waals surface area (Å²) in [6.45, 7) is 2.33. The molecule has 1 fully saturated rings. The summed E-state index contributed by atoms with van der Waals surface area (Å²) in [7, 11) is 0. The van der Waals surface area contributed by atoms with Gasteiger partial charge in [0.15, 0.2) is 0 Å². The Labute approximate surface area is 77.7 Å². The molecular formula is C12H24. The molecule has 12 heavy (non-hydrogen) atoms. The van der Waals surface area contributed by atoms with Crippen molar-refractivity contribution in [2.75, 3.05) is 0 Å². The molecule has 0 amide bonds. The first-order chi connectivity index (χ1) is 5.93. The standard InChI is InChI=1S/C12H24/c1-2-9-12-10-7-5-3-4-6-8-11-12/h12H,2-11H2,1H3. The van der Waals surface area contributed by atoms with E-state index < -0.39 is 0 Å². The van der Waals surface area contributed by atoms with E-state index in [9.17, 15) is 0 Å². The van der Waals surface area contributed by atoms with Gasteiger partial charge in [-0.2, -0.15) is 0 Å². The van der Waals surface area contributed by atoms with Crippen molar-refractivity contribution in [3.05, 3.63) is 0 Å². The summed E-state index contributed by atoms with van der Waals surface area (Å²) >= 11 is 0. The number of hydrogen-bond donors (Lipinski definition) is 0. The fraction of sp³-hybridized carbons (Fsp3) is 1.00. The van der Waals surface area contributed by atoms with Crippen LogP contribution in [0.3, 0.4) is 0 Å². The Kier molecular flexibility index (Phi) is 5.47. The summed E-state index contributed by atoms with van der Waals surface area (Å²) in [5.74, 6) is 1.08. The van der Waals surface area contributed by atoms with Gasteiger partial charge in [0.1, 0.15) is 0 Å². The molecule has 1 saturated carbocycles. The molecule has 0 unspecified atom stereocenters. The average Bonchev–Trinajstić information content (AvgIpc) is 2.19. The summed E-state index contributed by atoms with van der Waals surface area (Å²) < 4.78 is 0. The van der Waals surface area contributed by atoms with Crippen LogP contribution < -0.4 is 0 Å². The molecule has 1 aliphatic rings. The Bertz CT molecular complexity index is 86.2. The Morgan fingerprint density at radius 2 is 1.33 bits per heavy atom. The Hall–Kier alpha value is 0. The second-order valence-electron chi connectivity index (χ2n) is 4.35. The van der Waals surface area contributed by atoms with Gasteiger partial charge in [-0.1, -0.05) is 71.1 Å². The van der Waals surface area contributed by atoms with Crippen LogP contribution in [-0.4, -0.2) is 0 Å². The Morgan fingerprint density at radius 1 is 0.833 bits per heavy atom. The molecule has 72 valence electrons. The van der Waals surface area contributed by atoms with Crippen molar-refractivity contribution in [2.45, 2.75) is 71.1 Å². The molecule has 0 nitrogen and oxygen atoms in total. The molecule has 0 radical (unpaired) electrons. The quantitative estimate of drug-likeness (QED) is 0.568. The van der Waals surface area contributed by atoms with Crippen LogP contribution in [0.25, 0.3) is 0 Å². The van der Waals surface area contributed by atoms with Gasteiger partial charge in [-0.3, -0.25) is 0 Å². The van der Waals surface area contributed by atoms with Crippen LogP contribution in [0.15, 0.2) is 0 Å². The Morgan fingerprint density at radius 3 is 1.83 bits per heavy atom. The van der Waals surface area contributed by atoms with Crippen LogP contribution in [0.2, 0.25) is 0 Å². The third kappa shape index (κ3) is 4.13. The van der Waals surface area contributed by atoms with Crippen LogP contribution in [0, 0.1) is 5.92 Å². The first-order valence-corrected chi connectivity index (χ1v) is 5.93. The highest BCUT2D eigenvalue weighted by atomic mass is 14.1. The highest BCUT2D eigenvalue weighted by Gasteiger charge is 2.08. The minimum atomic E-state index is 1.08. The number of rotatable bonds is 2. The summed E-state index contributed by atoms with van der Waals surface area (Å²) in [5.41, 5.74) is 0. The highest BCUT2D eigenvalue weighted by molar-refractivity contribution is 4.62. The highest BCUT2D eigenvalue weighted by Crippen LogP contribution is 2.24. The molecule has 0 heterocycles. The summed E-state index contributed by atoms with van der Waals surface area (Å²) in [6.07, 6.45) is 14.9. The second kappa shape index (κ2) is 6.51. The van der Waals surface area contributed by atoms with Gasteiger partial charge in [0.05, 0.1) is 0 Å². The van der Waals surface area contributed by atoms with Gasteiger partial charge in [-0.15, -0.1) is 0 Å². The van der Waals surface area contributed by atoms with E-state index >= 15 is 0 Å². The molecule has 0 saturated heterocycles. The van der Waals surface area contributed by atoms with Gasteiger partial charge in [-0.05, 0) is 5.92 Å². The molecule has 0 aromatic carbocycles. The largest absolute Gasteiger partial charge is 0.0654 e. The lowest BCUT2D eigenvalue weighted by Crippen LogP contribution is -1.99. The Balaban J connectivity index is 2.19. The first kappa shape index (κ1) is 10.1. The zero-order valence-corrected chi connectivity index (χ0v) is 8.65. The van der Waals surface area contributed by atoms with E-state index in [0.717, 1.165) is 5.92 Å². The van der Waals surface area contributed by atoms with Crippen LogP contribution in [0.1, 0.15) is 71.1 Å². The smallest absolute Gasteiger partial charge is 0.0414 e. The van der Waals surface area contributed by atoms with Gasteiger partial charge in [0.25, 0.3) is 0 Å². The third-order valence-corrected chi connectivity index (χ3v) is 3.17. The van der Waals surface area contributed by atoms with Crippen molar-refractivity contribution in [2.24, 2.45) is 5.92 Å². The summed E-state index contributed by atoms with van der Waals surface area (Å²) in [5, 5.41) is 0. The lowest BCUT2D eigenvalue weighted by molar-refractivity contribution is 0.397. The van der Waals surface area contributed by atoms with Gasteiger partial charge in [-0.25, -0.2) is 0 Å². The van der Waals surface area contributed by atoms with Crippen molar-refractivity contribution in [1.29, 1.82) is 0 Å². The zero-order valence-electron chi connectivity index (χ0n) is 8.65. The lowest BCUT2D eigenvalue weighted by atomic mass is 9.93. The number of hydrogen-bond acceptors (Lipinski definition) is 0. The molecule has 0 N–H and O–H groups in total. The normalized spacial score (nSPS) is 22.8. The van der Waals surface area contributed by atoms with Crippen molar-refractivity contribution in [3.8, 4) is 0 Å².